The molecule has 0 saturated carbocycles. The molecule has 1 aliphatic rings. The van der Waals surface area contributed by atoms with Crippen molar-refractivity contribution in [2.24, 2.45) is 0 Å². The molecule has 1 unspecified atom stereocenters. The fourth-order valence-electron chi connectivity index (χ4n) is 2.35. The van der Waals surface area contributed by atoms with E-state index in [4.69, 9.17) is 9.84 Å². The molecule has 1 saturated heterocycles. The summed E-state index contributed by atoms with van der Waals surface area (Å²) in [7, 11) is 2.12. The van der Waals surface area contributed by atoms with E-state index in [0.29, 0.717) is 24.1 Å². The van der Waals surface area contributed by atoms with Gasteiger partial charge in [-0.1, -0.05) is 0 Å². The molecule has 1 fully saturated rings. The van der Waals surface area contributed by atoms with E-state index in [1.807, 2.05) is 0 Å². The lowest BCUT2D eigenvalue weighted by Crippen LogP contribution is -2.26. The van der Waals surface area contributed by atoms with Crippen molar-refractivity contribution in [3.8, 4) is 5.88 Å². The van der Waals surface area contributed by atoms with Crippen LogP contribution < -0.4 is 4.74 Å². The monoisotopic (exact) mass is 254 g/mol. The quantitative estimate of drug-likeness (QED) is 0.866. The maximum atomic E-state index is 12.9. The highest BCUT2D eigenvalue weighted by Crippen LogP contribution is 2.20. The van der Waals surface area contributed by atoms with Crippen molar-refractivity contribution in [3.05, 3.63) is 23.6 Å². The van der Waals surface area contributed by atoms with Crippen LogP contribution in [-0.2, 0) is 6.61 Å². The lowest BCUT2D eigenvalue weighted by molar-refractivity contribution is 0.219. The second kappa shape index (κ2) is 6.11. The number of hydrogen-bond donors (Lipinski definition) is 1. The summed E-state index contributed by atoms with van der Waals surface area (Å²) in [6.45, 7) is 1.42. The van der Waals surface area contributed by atoms with Crippen LogP contribution in [0, 0.1) is 5.82 Å². The summed E-state index contributed by atoms with van der Waals surface area (Å²) in [6.07, 6.45) is 4.47. The van der Waals surface area contributed by atoms with Crippen LogP contribution in [0.3, 0.4) is 0 Å². The van der Waals surface area contributed by atoms with Crippen molar-refractivity contribution in [1.29, 1.82) is 0 Å². The predicted octanol–water partition coefficient (Wildman–Crippen LogP) is 1.58. The molecule has 0 radical (unpaired) electrons. The van der Waals surface area contributed by atoms with Crippen LogP contribution in [0.1, 0.15) is 24.8 Å². The Kier molecular flexibility index (Phi) is 4.49. The van der Waals surface area contributed by atoms with Gasteiger partial charge in [-0.25, -0.2) is 9.37 Å². The summed E-state index contributed by atoms with van der Waals surface area (Å²) in [6, 6.07) is 1.81. The Morgan fingerprint density at radius 3 is 3.11 bits per heavy atom. The van der Waals surface area contributed by atoms with E-state index in [1.54, 1.807) is 0 Å². The lowest BCUT2D eigenvalue weighted by atomic mass is 10.1. The third kappa shape index (κ3) is 3.17. The van der Waals surface area contributed by atoms with Crippen molar-refractivity contribution < 1.29 is 14.2 Å². The Hall–Kier alpha value is -1.20. The minimum Gasteiger partial charge on any atom is -0.477 e. The van der Waals surface area contributed by atoms with Crippen LogP contribution in [0.2, 0.25) is 0 Å². The minimum absolute atomic E-state index is 0.260. The van der Waals surface area contributed by atoms with Crippen LogP contribution in [0.15, 0.2) is 12.3 Å². The van der Waals surface area contributed by atoms with Crippen molar-refractivity contribution in [1.82, 2.24) is 9.88 Å². The van der Waals surface area contributed by atoms with Crippen LogP contribution in [-0.4, -0.2) is 41.2 Å². The van der Waals surface area contributed by atoms with E-state index < -0.39 is 5.82 Å². The number of aromatic nitrogens is 1. The van der Waals surface area contributed by atoms with Crippen LogP contribution in [0.5, 0.6) is 5.88 Å². The number of aliphatic hydroxyl groups excluding tert-OH is 1. The predicted molar refractivity (Wildman–Crippen MR) is 65.9 cm³/mol. The molecule has 0 amide bonds. The first-order valence-electron chi connectivity index (χ1n) is 6.29. The van der Waals surface area contributed by atoms with Gasteiger partial charge in [0, 0.05) is 11.6 Å². The van der Waals surface area contributed by atoms with E-state index in [1.165, 1.54) is 18.9 Å². The summed E-state index contributed by atoms with van der Waals surface area (Å²) in [5, 5.41) is 9.10. The van der Waals surface area contributed by atoms with Gasteiger partial charge in [0.05, 0.1) is 19.4 Å². The molecular weight excluding hydrogens is 235 g/mol. The van der Waals surface area contributed by atoms with Crippen molar-refractivity contribution >= 4 is 0 Å². The Bertz CT molecular complexity index is 401. The number of rotatable bonds is 5. The maximum Gasteiger partial charge on any atom is 0.219 e. The number of likely N-dealkylation sites (tertiary alicyclic amines) is 1. The standard InChI is InChI=1S/C13H19FN2O2/c1-16-5-2-3-12(16)4-6-18-13-10(9-17)7-11(14)8-15-13/h7-8,12,17H,2-6,9H2,1H3. The number of halogens is 1. The highest BCUT2D eigenvalue weighted by Gasteiger charge is 2.20. The Morgan fingerprint density at radius 2 is 2.44 bits per heavy atom. The van der Waals surface area contributed by atoms with E-state index in [-0.39, 0.29) is 6.61 Å². The first-order valence-corrected chi connectivity index (χ1v) is 6.29. The molecule has 0 spiro atoms. The van der Waals surface area contributed by atoms with Gasteiger partial charge in [0.2, 0.25) is 5.88 Å². The van der Waals surface area contributed by atoms with Crippen LogP contribution in [0.25, 0.3) is 0 Å². The van der Waals surface area contributed by atoms with Gasteiger partial charge in [-0.15, -0.1) is 0 Å². The molecule has 0 bridgehead atoms. The van der Waals surface area contributed by atoms with Gasteiger partial charge in [0.15, 0.2) is 0 Å². The SMILES string of the molecule is CN1CCCC1CCOc1ncc(F)cc1CO. The molecule has 0 aromatic carbocycles. The van der Waals surface area contributed by atoms with Gasteiger partial charge < -0.3 is 14.7 Å². The summed E-state index contributed by atoms with van der Waals surface area (Å²) in [5.74, 6) is -0.124. The number of nitrogens with zero attached hydrogens (tertiary/aromatic N) is 2. The van der Waals surface area contributed by atoms with E-state index in [0.717, 1.165) is 19.2 Å². The fraction of sp³-hybridized carbons (Fsp3) is 0.615. The van der Waals surface area contributed by atoms with E-state index in [2.05, 4.69) is 16.9 Å². The zero-order valence-corrected chi connectivity index (χ0v) is 10.6. The van der Waals surface area contributed by atoms with Gasteiger partial charge in [0.25, 0.3) is 0 Å². The molecule has 2 heterocycles. The van der Waals surface area contributed by atoms with Crippen molar-refractivity contribution in [2.45, 2.75) is 31.9 Å². The van der Waals surface area contributed by atoms with Gasteiger partial charge in [-0.2, -0.15) is 0 Å². The van der Waals surface area contributed by atoms with Gasteiger partial charge >= 0.3 is 0 Å². The third-order valence-corrected chi connectivity index (χ3v) is 3.42. The number of ether oxygens (including phenoxy) is 1. The minimum atomic E-state index is -0.457. The molecule has 1 N–H and O–H groups in total. The Labute approximate surface area is 106 Å². The normalized spacial score (nSPS) is 20.3. The number of hydrogen-bond acceptors (Lipinski definition) is 4. The smallest absolute Gasteiger partial charge is 0.219 e. The average molecular weight is 254 g/mol. The lowest BCUT2D eigenvalue weighted by Gasteiger charge is -2.19. The molecule has 1 atom stereocenters. The molecule has 18 heavy (non-hydrogen) atoms. The second-order valence-corrected chi connectivity index (χ2v) is 4.69. The zero-order chi connectivity index (χ0) is 13.0. The first kappa shape index (κ1) is 13.2. The maximum absolute atomic E-state index is 12.9. The fourth-order valence-corrected chi connectivity index (χ4v) is 2.35. The van der Waals surface area contributed by atoms with Gasteiger partial charge in [0.1, 0.15) is 5.82 Å². The molecule has 1 aromatic heterocycles. The molecule has 4 nitrogen and oxygen atoms in total. The molecule has 0 aliphatic carbocycles. The summed E-state index contributed by atoms with van der Waals surface area (Å²) >= 11 is 0. The summed E-state index contributed by atoms with van der Waals surface area (Å²) in [4.78, 5) is 6.19. The topological polar surface area (TPSA) is 45.6 Å². The van der Waals surface area contributed by atoms with E-state index in [9.17, 15) is 4.39 Å². The second-order valence-electron chi connectivity index (χ2n) is 4.69. The first-order chi connectivity index (χ1) is 8.70. The molecule has 5 heteroatoms. The van der Waals surface area contributed by atoms with Crippen LogP contribution in [0.4, 0.5) is 4.39 Å². The van der Waals surface area contributed by atoms with E-state index >= 15 is 0 Å². The highest BCUT2D eigenvalue weighted by molar-refractivity contribution is 5.25. The zero-order valence-electron chi connectivity index (χ0n) is 10.6. The van der Waals surface area contributed by atoms with Gasteiger partial charge in [-0.3, -0.25) is 0 Å². The molecule has 100 valence electrons. The Morgan fingerprint density at radius 1 is 1.61 bits per heavy atom. The van der Waals surface area contributed by atoms with Crippen molar-refractivity contribution in [2.75, 3.05) is 20.2 Å². The van der Waals surface area contributed by atoms with Crippen molar-refractivity contribution in [3.63, 3.8) is 0 Å². The highest BCUT2D eigenvalue weighted by atomic mass is 19.1. The molecule has 1 aromatic rings. The Balaban J connectivity index is 1.86. The number of aliphatic hydroxyl groups is 1. The third-order valence-electron chi connectivity index (χ3n) is 3.42. The molecule has 2 rings (SSSR count). The van der Waals surface area contributed by atoms with Crippen LogP contribution >= 0.6 is 0 Å². The van der Waals surface area contributed by atoms with Gasteiger partial charge in [-0.05, 0) is 38.9 Å². The summed E-state index contributed by atoms with van der Waals surface area (Å²) < 4.78 is 18.4. The molecule has 1 aliphatic heterocycles. The molecular formula is C13H19FN2O2. The average Bonchev–Trinajstić information content (AvgIpc) is 2.77. The summed E-state index contributed by atoms with van der Waals surface area (Å²) in [5.41, 5.74) is 0.398. The largest absolute Gasteiger partial charge is 0.477 e. The number of pyridine rings is 1.